The molecule has 3 aromatic carbocycles. The molecule has 1 N–H and O–H groups in total. The molecule has 3 aromatic rings. The largest absolute Gasteiger partial charge is 0.495 e. The van der Waals surface area contributed by atoms with Crippen LogP contribution in [-0.2, 0) is 0 Å². The summed E-state index contributed by atoms with van der Waals surface area (Å²) in [4.78, 5) is 4.26. The van der Waals surface area contributed by atoms with Crippen LogP contribution in [0, 0.1) is 11.6 Å². The fourth-order valence-corrected chi connectivity index (χ4v) is 2.28. The molecule has 0 aliphatic heterocycles. The maximum atomic E-state index is 13.2. The number of aliphatic imine (C=N–C) groups is 1. The van der Waals surface area contributed by atoms with Gasteiger partial charge in [0.15, 0.2) is 11.6 Å². The van der Waals surface area contributed by atoms with Gasteiger partial charge in [-0.1, -0.05) is 18.2 Å². The van der Waals surface area contributed by atoms with Gasteiger partial charge in [-0.2, -0.15) is 0 Å². The highest BCUT2D eigenvalue weighted by Gasteiger charge is 2.02. The smallest absolute Gasteiger partial charge is 0.159 e. The van der Waals surface area contributed by atoms with Crippen molar-refractivity contribution >= 4 is 23.3 Å². The van der Waals surface area contributed by atoms with Gasteiger partial charge in [0.05, 0.1) is 18.5 Å². The first-order chi connectivity index (χ1) is 12.2. The van der Waals surface area contributed by atoms with Crippen molar-refractivity contribution in [3.8, 4) is 5.75 Å². The Hall–Kier alpha value is -3.21. The SMILES string of the molecule is COc1ccccc1Nc1ccc(N=Cc2ccc(F)c(F)c2)cc1. The zero-order valence-corrected chi connectivity index (χ0v) is 13.5. The highest BCUT2D eigenvalue weighted by atomic mass is 19.2. The summed E-state index contributed by atoms with van der Waals surface area (Å²) >= 11 is 0. The van der Waals surface area contributed by atoms with E-state index in [1.807, 2.05) is 48.5 Å². The molecule has 0 saturated carbocycles. The van der Waals surface area contributed by atoms with Crippen LogP contribution in [0.1, 0.15) is 5.56 Å². The van der Waals surface area contributed by atoms with Gasteiger partial charge in [-0.25, -0.2) is 8.78 Å². The Bertz CT molecular complexity index is 892. The quantitative estimate of drug-likeness (QED) is 0.626. The third-order valence-electron chi connectivity index (χ3n) is 3.56. The van der Waals surface area contributed by atoms with Gasteiger partial charge in [-0.3, -0.25) is 4.99 Å². The minimum Gasteiger partial charge on any atom is -0.495 e. The Kier molecular flexibility index (Phi) is 5.04. The monoisotopic (exact) mass is 338 g/mol. The van der Waals surface area contributed by atoms with Crippen molar-refractivity contribution in [1.82, 2.24) is 0 Å². The van der Waals surface area contributed by atoms with Gasteiger partial charge >= 0.3 is 0 Å². The van der Waals surface area contributed by atoms with Gasteiger partial charge in [-0.05, 0) is 54.1 Å². The minimum atomic E-state index is -0.889. The van der Waals surface area contributed by atoms with E-state index in [0.717, 1.165) is 29.3 Å². The van der Waals surface area contributed by atoms with Crippen molar-refractivity contribution < 1.29 is 13.5 Å². The number of ether oxygens (including phenoxy) is 1. The number of anilines is 2. The Labute approximate surface area is 144 Å². The summed E-state index contributed by atoms with van der Waals surface area (Å²) in [5.41, 5.74) is 2.95. The molecule has 25 heavy (non-hydrogen) atoms. The molecule has 0 heterocycles. The van der Waals surface area contributed by atoms with Gasteiger partial charge in [0.25, 0.3) is 0 Å². The molecule has 0 aromatic heterocycles. The summed E-state index contributed by atoms with van der Waals surface area (Å²) < 4.78 is 31.4. The van der Waals surface area contributed by atoms with Crippen LogP contribution in [0.5, 0.6) is 5.75 Å². The summed E-state index contributed by atoms with van der Waals surface area (Å²) in [5, 5.41) is 3.27. The van der Waals surface area contributed by atoms with Crippen LogP contribution in [-0.4, -0.2) is 13.3 Å². The van der Waals surface area contributed by atoms with Crippen LogP contribution in [0.15, 0.2) is 71.7 Å². The topological polar surface area (TPSA) is 33.6 Å². The fourth-order valence-electron chi connectivity index (χ4n) is 2.28. The first-order valence-corrected chi connectivity index (χ1v) is 7.65. The van der Waals surface area contributed by atoms with E-state index in [2.05, 4.69) is 10.3 Å². The first kappa shape index (κ1) is 16.6. The molecule has 0 radical (unpaired) electrons. The summed E-state index contributed by atoms with van der Waals surface area (Å²) in [7, 11) is 1.62. The van der Waals surface area contributed by atoms with E-state index in [-0.39, 0.29) is 0 Å². The molecule has 0 aliphatic rings. The van der Waals surface area contributed by atoms with Crippen LogP contribution in [0.25, 0.3) is 0 Å². The molecule has 0 spiro atoms. The number of methoxy groups -OCH3 is 1. The van der Waals surface area contributed by atoms with Gasteiger partial charge in [0, 0.05) is 11.9 Å². The number of hydrogen-bond acceptors (Lipinski definition) is 3. The highest BCUT2D eigenvalue weighted by molar-refractivity contribution is 5.82. The van der Waals surface area contributed by atoms with Crippen LogP contribution in [0.2, 0.25) is 0 Å². The lowest BCUT2D eigenvalue weighted by Crippen LogP contribution is -1.93. The van der Waals surface area contributed by atoms with Gasteiger partial charge < -0.3 is 10.1 Å². The number of hydrogen-bond donors (Lipinski definition) is 1. The normalized spacial score (nSPS) is 10.8. The molecule has 0 unspecified atom stereocenters. The highest BCUT2D eigenvalue weighted by Crippen LogP contribution is 2.27. The van der Waals surface area contributed by atoms with E-state index >= 15 is 0 Å². The lowest BCUT2D eigenvalue weighted by molar-refractivity contribution is 0.417. The molecule has 0 bridgehead atoms. The van der Waals surface area contributed by atoms with E-state index in [9.17, 15) is 8.78 Å². The second-order valence-electron chi connectivity index (χ2n) is 5.30. The van der Waals surface area contributed by atoms with Crippen molar-refractivity contribution in [2.24, 2.45) is 4.99 Å². The number of halogens is 2. The van der Waals surface area contributed by atoms with Crippen LogP contribution in [0.4, 0.5) is 25.8 Å². The Morgan fingerprint density at radius 3 is 2.40 bits per heavy atom. The number of para-hydroxylation sites is 2. The van der Waals surface area contributed by atoms with Crippen LogP contribution in [0.3, 0.4) is 0 Å². The van der Waals surface area contributed by atoms with E-state index < -0.39 is 11.6 Å². The standard InChI is InChI=1S/C20H16F2N2O/c1-25-20-5-3-2-4-19(20)24-16-9-7-15(8-10-16)23-13-14-6-11-17(21)18(22)12-14/h2-13,24H,1H3. The number of nitrogens with zero attached hydrogens (tertiary/aromatic N) is 1. The third kappa shape index (κ3) is 4.20. The van der Waals surface area contributed by atoms with Crippen molar-refractivity contribution in [1.29, 1.82) is 0 Å². The summed E-state index contributed by atoms with van der Waals surface area (Å²) in [6.07, 6.45) is 1.49. The number of benzene rings is 3. The molecule has 0 amide bonds. The molecular weight excluding hydrogens is 322 g/mol. The third-order valence-corrected chi connectivity index (χ3v) is 3.56. The molecule has 0 aliphatic carbocycles. The second kappa shape index (κ2) is 7.57. The van der Waals surface area contributed by atoms with Crippen molar-refractivity contribution in [2.75, 3.05) is 12.4 Å². The second-order valence-corrected chi connectivity index (χ2v) is 5.30. The minimum absolute atomic E-state index is 0.495. The molecular formula is C20H16F2N2O. The fraction of sp³-hybridized carbons (Fsp3) is 0.0500. The van der Waals surface area contributed by atoms with E-state index in [1.165, 1.54) is 12.3 Å². The molecule has 0 saturated heterocycles. The van der Waals surface area contributed by atoms with Gasteiger partial charge in [0.2, 0.25) is 0 Å². The molecule has 0 atom stereocenters. The lowest BCUT2D eigenvalue weighted by atomic mass is 10.2. The molecule has 3 nitrogen and oxygen atoms in total. The summed E-state index contributed by atoms with van der Waals surface area (Å²) in [6.45, 7) is 0. The molecule has 126 valence electrons. The van der Waals surface area contributed by atoms with E-state index in [1.54, 1.807) is 7.11 Å². The van der Waals surface area contributed by atoms with Crippen LogP contribution < -0.4 is 10.1 Å². The van der Waals surface area contributed by atoms with Crippen molar-refractivity contribution in [3.05, 3.63) is 83.9 Å². The molecule has 3 rings (SSSR count). The van der Waals surface area contributed by atoms with Gasteiger partial charge in [0.1, 0.15) is 5.75 Å². The average molecular weight is 338 g/mol. The number of rotatable bonds is 5. The maximum absolute atomic E-state index is 13.2. The van der Waals surface area contributed by atoms with Crippen LogP contribution >= 0.6 is 0 Å². The Morgan fingerprint density at radius 2 is 1.68 bits per heavy atom. The van der Waals surface area contributed by atoms with E-state index in [0.29, 0.717) is 11.3 Å². The zero-order chi connectivity index (χ0) is 17.6. The predicted molar refractivity (Wildman–Crippen MR) is 96.3 cm³/mol. The Morgan fingerprint density at radius 1 is 0.920 bits per heavy atom. The predicted octanol–water partition coefficient (Wildman–Crippen LogP) is 5.47. The summed E-state index contributed by atoms with van der Waals surface area (Å²) in [6, 6.07) is 18.7. The Balaban J connectivity index is 1.71. The first-order valence-electron chi connectivity index (χ1n) is 7.65. The molecule has 0 fully saturated rings. The zero-order valence-electron chi connectivity index (χ0n) is 13.5. The van der Waals surface area contributed by atoms with Crippen molar-refractivity contribution in [3.63, 3.8) is 0 Å². The molecule has 5 heteroatoms. The lowest BCUT2D eigenvalue weighted by Gasteiger charge is -2.10. The number of nitrogens with one attached hydrogen (secondary N) is 1. The van der Waals surface area contributed by atoms with Crippen molar-refractivity contribution in [2.45, 2.75) is 0 Å². The summed E-state index contributed by atoms with van der Waals surface area (Å²) in [5.74, 6) is -1.01. The maximum Gasteiger partial charge on any atom is 0.159 e. The average Bonchev–Trinajstić information content (AvgIpc) is 2.64. The van der Waals surface area contributed by atoms with Gasteiger partial charge in [-0.15, -0.1) is 0 Å². The van der Waals surface area contributed by atoms with E-state index in [4.69, 9.17) is 4.74 Å².